The van der Waals surface area contributed by atoms with Crippen LogP contribution in [0.3, 0.4) is 0 Å². The van der Waals surface area contributed by atoms with Crippen molar-refractivity contribution >= 4 is 34.2 Å². The Balaban J connectivity index is 1.85. The minimum absolute atomic E-state index is 0.231. The largest absolute Gasteiger partial charge is 0.450 e. The fraction of sp³-hybridized carbons (Fsp3) is 0.583. The summed E-state index contributed by atoms with van der Waals surface area (Å²) in [7, 11) is 0. The SMILES string of the molecule is CCOC(=O)N1CCC(Nc2nc(Cl)c(C#N)s2)CC1. The molecule has 0 atom stereocenters. The molecule has 1 amide bonds. The molecule has 2 heterocycles. The zero-order valence-corrected chi connectivity index (χ0v) is 12.6. The highest BCUT2D eigenvalue weighted by Gasteiger charge is 2.24. The van der Waals surface area contributed by atoms with Crippen LogP contribution in [0.15, 0.2) is 0 Å². The Morgan fingerprint density at radius 1 is 1.65 bits per heavy atom. The fourth-order valence-corrected chi connectivity index (χ4v) is 3.05. The molecule has 1 aliphatic rings. The van der Waals surface area contributed by atoms with E-state index < -0.39 is 0 Å². The predicted molar refractivity (Wildman–Crippen MR) is 77.1 cm³/mol. The maximum absolute atomic E-state index is 11.6. The van der Waals surface area contributed by atoms with Crippen LogP contribution in [0, 0.1) is 11.3 Å². The van der Waals surface area contributed by atoms with E-state index in [1.54, 1.807) is 11.8 Å². The van der Waals surface area contributed by atoms with E-state index in [1.807, 2.05) is 6.07 Å². The first-order valence-electron chi connectivity index (χ1n) is 6.38. The van der Waals surface area contributed by atoms with Crippen molar-refractivity contribution in [3.05, 3.63) is 10.0 Å². The summed E-state index contributed by atoms with van der Waals surface area (Å²) in [5, 5.41) is 13.0. The molecule has 1 aliphatic heterocycles. The molecule has 0 aliphatic carbocycles. The van der Waals surface area contributed by atoms with Gasteiger partial charge >= 0.3 is 6.09 Å². The molecule has 1 aromatic rings. The van der Waals surface area contributed by atoms with Gasteiger partial charge in [-0.1, -0.05) is 22.9 Å². The summed E-state index contributed by atoms with van der Waals surface area (Å²) in [6.07, 6.45) is 1.38. The van der Waals surface area contributed by atoms with Gasteiger partial charge in [0, 0.05) is 19.1 Å². The third-order valence-electron chi connectivity index (χ3n) is 3.04. The first-order valence-corrected chi connectivity index (χ1v) is 7.58. The maximum atomic E-state index is 11.6. The van der Waals surface area contributed by atoms with Gasteiger partial charge in [0.15, 0.2) is 10.3 Å². The lowest BCUT2D eigenvalue weighted by molar-refractivity contribution is 0.0983. The monoisotopic (exact) mass is 314 g/mol. The van der Waals surface area contributed by atoms with Crippen molar-refractivity contribution in [1.82, 2.24) is 9.88 Å². The second kappa shape index (κ2) is 6.77. The number of hydrogen-bond acceptors (Lipinski definition) is 6. The van der Waals surface area contributed by atoms with Gasteiger partial charge in [0.05, 0.1) is 6.61 Å². The zero-order valence-electron chi connectivity index (χ0n) is 11.1. The lowest BCUT2D eigenvalue weighted by atomic mass is 10.1. The number of amides is 1. The average Bonchev–Trinajstić information content (AvgIpc) is 2.80. The van der Waals surface area contributed by atoms with Crippen LogP contribution in [0.5, 0.6) is 0 Å². The Bertz CT molecular complexity index is 520. The molecule has 0 unspecified atom stereocenters. The molecular formula is C12H15ClN4O2S. The summed E-state index contributed by atoms with van der Waals surface area (Å²) >= 11 is 7.08. The van der Waals surface area contributed by atoms with Gasteiger partial charge in [0.1, 0.15) is 10.9 Å². The van der Waals surface area contributed by atoms with Crippen molar-refractivity contribution in [2.45, 2.75) is 25.8 Å². The number of piperidine rings is 1. The van der Waals surface area contributed by atoms with Crippen molar-refractivity contribution < 1.29 is 9.53 Å². The molecule has 1 aromatic heterocycles. The lowest BCUT2D eigenvalue weighted by Crippen LogP contribution is -2.42. The second-order valence-corrected chi connectivity index (χ2v) is 5.71. The first kappa shape index (κ1) is 14.9. The van der Waals surface area contributed by atoms with Crippen molar-refractivity contribution in [1.29, 1.82) is 5.26 Å². The second-order valence-electron chi connectivity index (χ2n) is 4.36. The molecule has 0 bridgehead atoms. The van der Waals surface area contributed by atoms with Gasteiger partial charge in [-0.25, -0.2) is 9.78 Å². The highest BCUT2D eigenvalue weighted by atomic mass is 35.5. The average molecular weight is 315 g/mol. The number of carbonyl (C=O) groups excluding carboxylic acids is 1. The van der Waals surface area contributed by atoms with Crippen LogP contribution in [0.25, 0.3) is 0 Å². The smallest absolute Gasteiger partial charge is 0.409 e. The normalized spacial score (nSPS) is 15.8. The van der Waals surface area contributed by atoms with Crippen molar-refractivity contribution in [3.63, 3.8) is 0 Å². The quantitative estimate of drug-likeness (QED) is 0.928. The summed E-state index contributed by atoms with van der Waals surface area (Å²) in [4.78, 5) is 17.8. The summed E-state index contributed by atoms with van der Waals surface area (Å²) in [5.41, 5.74) is 0. The van der Waals surface area contributed by atoms with Gasteiger partial charge in [0.25, 0.3) is 0 Å². The van der Waals surface area contributed by atoms with E-state index in [9.17, 15) is 4.79 Å². The van der Waals surface area contributed by atoms with Crippen LogP contribution in [0.4, 0.5) is 9.93 Å². The third-order valence-corrected chi connectivity index (χ3v) is 4.31. The summed E-state index contributed by atoms with van der Waals surface area (Å²) < 4.78 is 4.97. The summed E-state index contributed by atoms with van der Waals surface area (Å²) in [5.74, 6) is 0. The minimum Gasteiger partial charge on any atom is -0.450 e. The number of nitriles is 1. The summed E-state index contributed by atoms with van der Waals surface area (Å²) in [6, 6.07) is 2.23. The number of rotatable bonds is 3. The molecule has 2 rings (SSSR count). The predicted octanol–water partition coefficient (Wildman–Crippen LogP) is 2.70. The van der Waals surface area contributed by atoms with Crippen LogP contribution in [-0.4, -0.2) is 41.7 Å². The Kier molecular flexibility index (Phi) is 5.04. The zero-order chi connectivity index (χ0) is 14.5. The van der Waals surface area contributed by atoms with E-state index >= 15 is 0 Å². The Labute approximate surface area is 126 Å². The fourth-order valence-electron chi connectivity index (χ4n) is 2.03. The molecule has 108 valence electrons. The molecule has 0 saturated carbocycles. The van der Waals surface area contributed by atoms with Crippen LogP contribution in [0.2, 0.25) is 5.15 Å². The van der Waals surface area contributed by atoms with Crippen LogP contribution in [0.1, 0.15) is 24.6 Å². The van der Waals surface area contributed by atoms with E-state index in [1.165, 1.54) is 11.3 Å². The van der Waals surface area contributed by atoms with Crippen LogP contribution in [-0.2, 0) is 4.74 Å². The molecule has 8 heteroatoms. The number of halogens is 1. The third kappa shape index (κ3) is 3.52. The summed E-state index contributed by atoms with van der Waals surface area (Å²) in [6.45, 7) is 3.50. The number of nitrogens with zero attached hydrogens (tertiary/aromatic N) is 3. The topological polar surface area (TPSA) is 78.2 Å². The van der Waals surface area contributed by atoms with E-state index in [-0.39, 0.29) is 17.3 Å². The lowest BCUT2D eigenvalue weighted by Gasteiger charge is -2.31. The highest BCUT2D eigenvalue weighted by molar-refractivity contribution is 7.16. The number of thiazole rings is 1. The van der Waals surface area contributed by atoms with Gasteiger partial charge < -0.3 is 15.0 Å². The molecule has 1 saturated heterocycles. The standard InChI is InChI=1S/C12H15ClN4O2S/c1-2-19-12(18)17-5-3-8(4-6-17)15-11-16-10(13)9(7-14)20-11/h8H,2-6H2,1H3,(H,15,16). The van der Waals surface area contributed by atoms with E-state index in [0.29, 0.717) is 29.7 Å². The van der Waals surface area contributed by atoms with E-state index in [4.69, 9.17) is 21.6 Å². The molecule has 0 radical (unpaired) electrons. The van der Waals surface area contributed by atoms with Crippen LogP contribution < -0.4 is 5.32 Å². The number of anilines is 1. The number of ether oxygens (including phenoxy) is 1. The molecule has 0 spiro atoms. The molecule has 20 heavy (non-hydrogen) atoms. The molecule has 1 N–H and O–H groups in total. The Hall–Kier alpha value is -1.52. The van der Waals surface area contributed by atoms with Gasteiger partial charge in [-0.05, 0) is 19.8 Å². The number of carbonyl (C=O) groups is 1. The number of nitrogens with one attached hydrogen (secondary N) is 1. The highest BCUT2D eigenvalue weighted by Crippen LogP contribution is 2.27. The molecular weight excluding hydrogens is 300 g/mol. The van der Waals surface area contributed by atoms with E-state index in [2.05, 4.69) is 10.3 Å². The molecule has 6 nitrogen and oxygen atoms in total. The number of hydrogen-bond donors (Lipinski definition) is 1. The van der Waals surface area contributed by atoms with Gasteiger partial charge in [-0.3, -0.25) is 0 Å². The Morgan fingerprint density at radius 2 is 2.35 bits per heavy atom. The van der Waals surface area contributed by atoms with Crippen LogP contribution >= 0.6 is 22.9 Å². The minimum atomic E-state index is -0.255. The van der Waals surface area contributed by atoms with Crippen molar-refractivity contribution in [2.75, 3.05) is 25.0 Å². The van der Waals surface area contributed by atoms with Crippen molar-refractivity contribution in [3.8, 4) is 6.07 Å². The molecule has 1 fully saturated rings. The Morgan fingerprint density at radius 3 is 2.90 bits per heavy atom. The number of aromatic nitrogens is 1. The van der Waals surface area contributed by atoms with E-state index in [0.717, 1.165) is 12.8 Å². The maximum Gasteiger partial charge on any atom is 0.409 e. The van der Waals surface area contributed by atoms with Gasteiger partial charge in [0.2, 0.25) is 0 Å². The first-order chi connectivity index (χ1) is 9.63. The van der Waals surface area contributed by atoms with Gasteiger partial charge in [-0.2, -0.15) is 5.26 Å². The molecule has 0 aromatic carbocycles. The number of likely N-dealkylation sites (tertiary alicyclic amines) is 1. The van der Waals surface area contributed by atoms with Gasteiger partial charge in [-0.15, -0.1) is 0 Å². The van der Waals surface area contributed by atoms with Crippen molar-refractivity contribution in [2.24, 2.45) is 0 Å².